The second-order valence-electron chi connectivity index (χ2n) is 3.69. The molecule has 1 N–H and O–H groups in total. The molecule has 0 bridgehead atoms. The molecule has 0 atom stereocenters. The number of rotatable bonds is 4. The van der Waals surface area contributed by atoms with Crippen LogP contribution < -0.4 is 0 Å². The molecule has 2 heterocycles. The summed E-state index contributed by atoms with van der Waals surface area (Å²) in [6.45, 7) is 4.76. The molecule has 0 aliphatic carbocycles. The highest BCUT2D eigenvalue weighted by Gasteiger charge is 2.02. The molecule has 80 valence electrons. The van der Waals surface area contributed by atoms with E-state index in [0.29, 0.717) is 6.54 Å². The molecule has 15 heavy (non-hydrogen) atoms. The minimum absolute atomic E-state index is 0.682. The lowest BCUT2D eigenvalue weighted by atomic mass is 10.2. The Balaban J connectivity index is 2.04. The smallest absolute Gasteiger partial charge is 0.0867 e. The Morgan fingerprint density at radius 1 is 1.47 bits per heavy atom. The van der Waals surface area contributed by atoms with Crippen molar-refractivity contribution in [2.75, 3.05) is 0 Å². The zero-order valence-electron chi connectivity index (χ0n) is 9.06. The molecular formula is C10H15N5. The van der Waals surface area contributed by atoms with Gasteiger partial charge in [0.2, 0.25) is 0 Å². The SMILES string of the molecule is CCCc1cc(Cn2cc(C)nn2)n[nH]1. The van der Waals surface area contributed by atoms with Crippen molar-refractivity contribution in [1.29, 1.82) is 0 Å². The summed E-state index contributed by atoms with van der Waals surface area (Å²) < 4.78 is 1.79. The topological polar surface area (TPSA) is 59.4 Å². The zero-order valence-corrected chi connectivity index (χ0v) is 9.06. The summed E-state index contributed by atoms with van der Waals surface area (Å²) >= 11 is 0. The first-order valence-corrected chi connectivity index (χ1v) is 5.18. The predicted molar refractivity (Wildman–Crippen MR) is 56.4 cm³/mol. The van der Waals surface area contributed by atoms with Crippen molar-refractivity contribution >= 4 is 0 Å². The molecule has 0 aromatic carbocycles. The number of aryl methyl sites for hydroxylation is 2. The first-order valence-electron chi connectivity index (χ1n) is 5.18. The molecular weight excluding hydrogens is 190 g/mol. The Kier molecular flexibility index (Phi) is 2.80. The third kappa shape index (κ3) is 2.43. The van der Waals surface area contributed by atoms with Crippen LogP contribution in [0, 0.1) is 6.92 Å². The van der Waals surface area contributed by atoms with Gasteiger partial charge in [-0.25, -0.2) is 4.68 Å². The second-order valence-corrected chi connectivity index (χ2v) is 3.69. The van der Waals surface area contributed by atoms with E-state index >= 15 is 0 Å². The largest absolute Gasteiger partial charge is 0.282 e. The van der Waals surface area contributed by atoms with Crippen molar-refractivity contribution in [3.8, 4) is 0 Å². The summed E-state index contributed by atoms with van der Waals surface area (Å²) in [5.74, 6) is 0. The molecule has 0 unspecified atom stereocenters. The number of nitrogens with one attached hydrogen (secondary N) is 1. The first-order chi connectivity index (χ1) is 7.28. The lowest BCUT2D eigenvalue weighted by Crippen LogP contribution is -2.00. The zero-order chi connectivity index (χ0) is 10.7. The van der Waals surface area contributed by atoms with Crippen molar-refractivity contribution in [3.05, 3.63) is 29.3 Å². The molecule has 0 aliphatic heterocycles. The van der Waals surface area contributed by atoms with E-state index in [2.05, 4.69) is 33.5 Å². The van der Waals surface area contributed by atoms with Crippen LogP contribution in [0.1, 0.15) is 30.4 Å². The van der Waals surface area contributed by atoms with Gasteiger partial charge in [-0.15, -0.1) is 5.10 Å². The van der Waals surface area contributed by atoms with E-state index in [4.69, 9.17) is 0 Å². The van der Waals surface area contributed by atoms with E-state index in [1.807, 2.05) is 13.1 Å². The Bertz CT molecular complexity index is 428. The Hall–Kier alpha value is -1.65. The molecule has 2 aromatic rings. The Morgan fingerprint density at radius 3 is 3.00 bits per heavy atom. The number of nitrogens with zero attached hydrogens (tertiary/aromatic N) is 4. The van der Waals surface area contributed by atoms with Gasteiger partial charge >= 0.3 is 0 Å². The molecule has 2 aromatic heterocycles. The van der Waals surface area contributed by atoms with Crippen molar-refractivity contribution < 1.29 is 0 Å². The average molecular weight is 205 g/mol. The summed E-state index contributed by atoms with van der Waals surface area (Å²) in [7, 11) is 0. The average Bonchev–Trinajstić information content (AvgIpc) is 2.78. The summed E-state index contributed by atoms with van der Waals surface area (Å²) in [6.07, 6.45) is 4.08. The van der Waals surface area contributed by atoms with Crippen LogP contribution in [0.25, 0.3) is 0 Å². The molecule has 0 saturated carbocycles. The molecule has 5 nitrogen and oxygen atoms in total. The van der Waals surface area contributed by atoms with Crippen LogP contribution in [-0.4, -0.2) is 25.2 Å². The number of hydrogen-bond acceptors (Lipinski definition) is 3. The highest BCUT2D eigenvalue weighted by molar-refractivity contribution is 5.09. The summed E-state index contributed by atoms with van der Waals surface area (Å²) in [4.78, 5) is 0. The Labute approximate surface area is 88.5 Å². The van der Waals surface area contributed by atoms with Gasteiger partial charge in [0.25, 0.3) is 0 Å². The van der Waals surface area contributed by atoms with E-state index in [-0.39, 0.29) is 0 Å². The minimum atomic E-state index is 0.682. The molecule has 0 radical (unpaired) electrons. The molecule has 0 amide bonds. The number of hydrogen-bond donors (Lipinski definition) is 1. The number of H-pyrrole nitrogens is 1. The van der Waals surface area contributed by atoms with Crippen LogP contribution in [0.5, 0.6) is 0 Å². The highest BCUT2D eigenvalue weighted by Crippen LogP contribution is 2.04. The number of aromatic amines is 1. The van der Waals surface area contributed by atoms with Crippen molar-refractivity contribution in [2.24, 2.45) is 0 Å². The lowest BCUT2D eigenvalue weighted by molar-refractivity contribution is 0.637. The van der Waals surface area contributed by atoms with Gasteiger partial charge < -0.3 is 0 Å². The normalized spacial score (nSPS) is 10.8. The standard InChI is InChI=1S/C10H15N5/c1-3-4-9-5-10(13-12-9)7-15-6-8(2)11-14-15/h5-6H,3-4,7H2,1-2H3,(H,12,13). The monoisotopic (exact) mass is 205 g/mol. The lowest BCUT2D eigenvalue weighted by Gasteiger charge is -1.93. The fraction of sp³-hybridized carbons (Fsp3) is 0.500. The van der Waals surface area contributed by atoms with Gasteiger partial charge in [-0.2, -0.15) is 5.10 Å². The van der Waals surface area contributed by atoms with Gasteiger partial charge in [-0.3, -0.25) is 5.10 Å². The third-order valence-electron chi connectivity index (χ3n) is 2.18. The maximum atomic E-state index is 4.23. The van der Waals surface area contributed by atoms with E-state index < -0.39 is 0 Å². The van der Waals surface area contributed by atoms with Gasteiger partial charge in [0, 0.05) is 11.9 Å². The molecule has 0 aliphatic rings. The predicted octanol–water partition coefficient (Wildman–Crippen LogP) is 1.31. The third-order valence-corrected chi connectivity index (χ3v) is 2.18. The minimum Gasteiger partial charge on any atom is -0.282 e. The maximum Gasteiger partial charge on any atom is 0.0867 e. The quantitative estimate of drug-likeness (QED) is 0.818. The summed E-state index contributed by atoms with van der Waals surface area (Å²) in [5, 5.41) is 15.2. The van der Waals surface area contributed by atoms with Crippen LogP contribution in [0.15, 0.2) is 12.3 Å². The van der Waals surface area contributed by atoms with Gasteiger partial charge in [-0.1, -0.05) is 18.6 Å². The molecule has 0 saturated heterocycles. The van der Waals surface area contributed by atoms with Gasteiger partial charge in [-0.05, 0) is 19.4 Å². The Morgan fingerprint density at radius 2 is 2.33 bits per heavy atom. The van der Waals surface area contributed by atoms with E-state index in [9.17, 15) is 0 Å². The van der Waals surface area contributed by atoms with Crippen LogP contribution in [0.2, 0.25) is 0 Å². The fourth-order valence-electron chi connectivity index (χ4n) is 1.53. The number of aromatic nitrogens is 5. The molecule has 2 rings (SSSR count). The molecule has 0 spiro atoms. The maximum absolute atomic E-state index is 4.23. The van der Waals surface area contributed by atoms with Crippen molar-refractivity contribution in [1.82, 2.24) is 25.2 Å². The fourth-order valence-corrected chi connectivity index (χ4v) is 1.53. The van der Waals surface area contributed by atoms with E-state index in [1.165, 1.54) is 5.69 Å². The van der Waals surface area contributed by atoms with Crippen molar-refractivity contribution in [2.45, 2.75) is 33.2 Å². The van der Waals surface area contributed by atoms with Crippen molar-refractivity contribution in [3.63, 3.8) is 0 Å². The summed E-state index contributed by atoms with van der Waals surface area (Å²) in [5.41, 5.74) is 3.12. The van der Waals surface area contributed by atoms with Crippen LogP contribution >= 0.6 is 0 Å². The first kappa shape index (κ1) is 9.89. The van der Waals surface area contributed by atoms with Gasteiger partial charge in [0.1, 0.15) is 0 Å². The second kappa shape index (κ2) is 4.25. The van der Waals surface area contributed by atoms with Crippen LogP contribution in [0.4, 0.5) is 0 Å². The van der Waals surface area contributed by atoms with Crippen LogP contribution in [-0.2, 0) is 13.0 Å². The summed E-state index contributed by atoms with van der Waals surface area (Å²) in [6, 6.07) is 2.08. The van der Waals surface area contributed by atoms with E-state index in [1.54, 1.807) is 4.68 Å². The van der Waals surface area contributed by atoms with Gasteiger partial charge in [0.15, 0.2) is 0 Å². The molecule has 5 heteroatoms. The van der Waals surface area contributed by atoms with E-state index in [0.717, 1.165) is 24.2 Å². The van der Waals surface area contributed by atoms with Gasteiger partial charge in [0.05, 0.1) is 17.9 Å². The molecule has 0 fully saturated rings. The highest BCUT2D eigenvalue weighted by atomic mass is 15.4. The van der Waals surface area contributed by atoms with Crippen LogP contribution in [0.3, 0.4) is 0 Å².